The van der Waals surface area contributed by atoms with Gasteiger partial charge in [0.25, 0.3) is 0 Å². The highest BCUT2D eigenvalue weighted by atomic mass is 16.5. The van der Waals surface area contributed by atoms with Crippen LogP contribution >= 0.6 is 0 Å². The average Bonchev–Trinajstić information content (AvgIpc) is 2.63. The van der Waals surface area contributed by atoms with E-state index < -0.39 is 0 Å². The fraction of sp³-hybridized carbons (Fsp3) is 0.400. The predicted molar refractivity (Wildman–Crippen MR) is 101 cm³/mol. The molecule has 0 atom stereocenters. The minimum Gasteiger partial charge on any atom is -0.502 e. The first-order valence-corrected chi connectivity index (χ1v) is 8.96. The first-order valence-electron chi connectivity index (χ1n) is 8.96. The molecule has 7 heteroatoms. The highest BCUT2D eigenvalue weighted by Gasteiger charge is 2.17. The molecular weight excluding hydrogens is 352 g/mol. The van der Waals surface area contributed by atoms with Gasteiger partial charge in [0.15, 0.2) is 23.0 Å². The Balaban J connectivity index is 2.42. The van der Waals surface area contributed by atoms with Crippen molar-refractivity contribution in [3.05, 3.63) is 24.3 Å². The lowest BCUT2D eigenvalue weighted by atomic mass is 10.2. The van der Waals surface area contributed by atoms with E-state index in [9.17, 15) is 10.2 Å². The van der Waals surface area contributed by atoms with Gasteiger partial charge in [-0.1, -0.05) is 0 Å². The van der Waals surface area contributed by atoms with Crippen LogP contribution in [0.25, 0.3) is 0 Å². The third kappa shape index (κ3) is 5.03. The van der Waals surface area contributed by atoms with Gasteiger partial charge in [-0.25, -0.2) is 0 Å². The summed E-state index contributed by atoms with van der Waals surface area (Å²) < 4.78 is 27.7. The Morgan fingerprint density at radius 1 is 0.556 bits per heavy atom. The molecule has 0 unspecified atom stereocenters. The second kappa shape index (κ2) is 9.66. The van der Waals surface area contributed by atoms with E-state index in [1.54, 1.807) is 24.3 Å². The van der Waals surface area contributed by atoms with Gasteiger partial charge in [-0.2, -0.15) is 0 Å². The van der Waals surface area contributed by atoms with Crippen LogP contribution in [0.2, 0.25) is 0 Å². The summed E-state index contributed by atoms with van der Waals surface area (Å²) in [5.74, 6) is 1.66. The van der Waals surface area contributed by atoms with Crippen LogP contribution in [0.4, 0.5) is 0 Å². The molecule has 0 saturated heterocycles. The van der Waals surface area contributed by atoms with E-state index in [1.807, 2.05) is 27.7 Å². The van der Waals surface area contributed by atoms with Crippen molar-refractivity contribution in [2.45, 2.75) is 27.7 Å². The van der Waals surface area contributed by atoms with Gasteiger partial charge in [0.1, 0.15) is 11.5 Å². The van der Waals surface area contributed by atoms with Crippen LogP contribution in [0.15, 0.2) is 24.3 Å². The molecule has 27 heavy (non-hydrogen) atoms. The maximum Gasteiger partial charge on any atom is 0.201 e. The molecule has 0 aliphatic heterocycles. The van der Waals surface area contributed by atoms with Gasteiger partial charge in [-0.05, 0) is 27.7 Å². The SMILES string of the molecule is CCOc1cc(Oc2cc(OCC)c(O)c(OCC)c2)cc(OCC)c1O. The molecular formula is C20H26O7. The van der Waals surface area contributed by atoms with Crippen molar-refractivity contribution >= 4 is 0 Å². The Labute approximate surface area is 159 Å². The number of phenols is 2. The van der Waals surface area contributed by atoms with Gasteiger partial charge in [-0.15, -0.1) is 0 Å². The molecule has 2 N–H and O–H groups in total. The van der Waals surface area contributed by atoms with E-state index >= 15 is 0 Å². The molecule has 0 amide bonds. The van der Waals surface area contributed by atoms with Crippen molar-refractivity contribution in [3.8, 4) is 46.0 Å². The number of ether oxygens (including phenoxy) is 5. The summed E-state index contributed by atoms with van der Waals surface area (Å²) in [4.78, 5) is 0. The lowest BCUT2D eigenvalue weighted by molar-refractivity contribution is 0.284. The number of hydrogen-bond donors (Lipinski definition) is 2. The second-order valence-corrected chi connectivity index (χ2v) is 5.37. The smallest absolute Gasteiger partial charge is 0.201 e. The molecule has 0 aliphatic carbocycles. The summed E-state index contributed by atoms with van der Waals surface area (Å²) in [5.41, 5.74) is 0. The summed E-state index contributed by atoms with van der Waals surface area (Å²) >= 11 is 0. The van der Waals surface area contributed by atoms with Crippen molar-refractivity contribution < 1.29 is 33.9 Å². The zero-order chi connectivity index (χ0) is 19.8. The Morgan fingerprint density at radius 3 is 1.04 bits per heavy atom. The molecule has 0 spiro atoms. The van der Waals surface area contributed by atoms with Crippen molar-refractivity contribution in [2.75, 3.05) is 26.4 Å². The van der Waals surface area contributed by atoms with E-state index in [4.69, 9.17) is 23.7 Å². The van der Waals surface area contributed by atoms with Crippen LogP contribution in [0.5, 0.6) is 46.0 Å². The summed E-state index contributed by atoms with van der Waals surface area (Å²) in [6, 6.07) is 6.26. The van der Waals surface area contributed by atoms with E-state index in [-0.39, 0.29) is 34.5 Å². The topological polar surface area (TPSA) is 86.6 Å². The molecule has 0 heterocycles. The molecule has 0 aromatic heterocycles. The molecule has 2 aromatic rings. The second-order valence-electron chi connectivity index (χ2n) is 5.37. The fourth-order valence-electron chi connectivity index (χ4n) is 2.43. The molecule has 0 fully saturated rings. The fourth-order valence-corrected chi connectivity index (χ4v) is 2.43. The quantitative estimate of drug-likeness (QED) is 0.630. The monoisotopic (exact) mass is 378 g/mol. The molecule has 0 bridgehead atoms. The summed E-state index contributed by atoms with van der Waals surface area (Å²) in [5, 5.41) is 20.5. The first-order chi connectivity index (χ1) is 13.0. The Bertz CT molecular complexity index is 640. The number of hydrogen-bond acceptors (Lipinski definition) is 7. The summed E-state index contributed by atoms with van der Waals surface area (Å²) in [7, 11) is 0. The van der Waals surface area contributed by atoms with E-state index in [0.717, 1.165) is 0 Å². The standard InChI is InChI=1S/C20H26O7/c1-5-23-15-9-13(10-16(19(15)21)24-6-2)27-14-11-17(25-7-3)20(22)18(12-14)26-8-4/h9-12,21-22H,5-8H2,1-4H3. The van der Waals surface area contributed by atoms with E-state index in [2.05, 4.69) is 0 Å². The normalized spacial score (nSPS) is 10.4. The largest absolute Gasteiger partial charge is 0.502 e. The molecule has 148 valence electrons. The van der Waals surface area contributed by atoms with E-state index in [0.29, 0.717) is 37.9 Å². The van der Waals surface area contributed by atoms with Crippen molar-refractivity contribution in [1.82, 2.24) is 0 Å². The maximum absolute atomic E-state index is 10.2. The number of rotatable bonds is 10. The van der Waals surface area contributed by atoms with Crippen LogP contribution in [-0.4, -0.2) is 36.6 Å². The molecule has 0 radical (unpaired) electrons. The highest BCUT2D eigenvalue weighted by Crippen LogP contribution is 2.44. The lowest BCUT2D eigenvalue weighted by Gasteiger charge is -2.16. The van der Waals surface area contributed by atoms with Crippen molar-refractivity contribution in [1.29, 1.82) is 0 Å². The van der Waals surface area contributed by atoms with Crippen LogP contribution in [0.1, 0.15) is 27.7 Å². The van der Waals surface area contributed by atoms with Gasteiger partial charge in [0.2, 0.25) is 11.5 Å². The third-order valence-electron chi connectivity index (χ3n) is 3.46. The van der Waals surface area contributed by atoms with Crippen LogP contribution in [-0.2, 0) is 0 Å². The van der Waals surface area contributed by atoms with Crippen LogP contribution < -0.4 is 23.7 Å². The van der Waals surface area contributed by atoms with Gasteiger partial charge < -0.3 is 33.9 Å². The predicted octanol–water partition coefficient (Wildman–Crippen LogP) is 4.48. The van der Waals surface area contributed by atoms with Gasteiger partial charge >= 0.3 is 0 Å². The van der Waals surface area contributed by atoms with Crippen LogP contribution in [0.3, 0.4) is 0 Å². The summed E-state index contributed by atoms with van der Waals surface area (Å²) in [6.45, 7) is 8.78. The maximum atomic E-state index is 10.2. The van der Waals surface area contributed by atoms with Gasteiger partial charge in [0.05, 0.1) is 26.4 Å². The number of phenolic OH excluding ortho intramolecular Hbond substituents is 2. The van der Waals surface area contributed by atoms with Crippen LogP contribution in [0, 0.1) is 0 Å². The highest BCUT2D eigenvalue weighted by molar-refractivity contribution is 5.58. The number of benzene rings is 2. The number of aromatic hydroxyl groups is 2. The third-order valence-corrected chi connectivity index (χ3v) is 3.46. The zero-order valence-electron chi connectivity index (χ0n) is 16.1. The Hall–Kier alpha value is -2.96. The minimum atomic E-state index is -0.0817. The van der Waals surface area contributed by atoms with Gasteiger partial charge in [0, 0.05) is 24.3 Å². The Morgan fingerprint density at radius 2 is 0.815 bits per heavy atom. The zero-order valence-corrected chi connectivity index (χ0v) is 16.1. The van der Waals surface area contributed by atoms with Gasteiger partial charge in [-0.3, -0.25) is 0 Å². The van der Waals surface area contributed by atoms with Crippen molar-refractivity contribution in [2.24, 2.45) is 0 Å². The molecule has 2 rings (SSSR count). The Kier molecular flexibility index (Phi) is 7.28. The average molecular weight is 378 g/mol. The minimum absolute atomic E-state index is 0.0817. The molecule has 0 aliphatic rings. The molecule has 7 nitrogen and oxygen atoms in total. The first kappa shape index (κ1) is 20.4. The summed E-state index contributed by atoms with van der Waals surface area (Å²) in [6.07, 6.45) is 0. The lowest BCUT2D eigenvalue weighted by Crippen LogP contribution is -1.99. The van der Waals surface area contributed by atoms with Crippen molar-refractivity contribution in [3.63, 3.8) is 0 Å². The molecule has 0 saturated carbocycles. The molecule has 2 aromatic carbocycles. The van der Waals surface area contributed by atoms with E-state index in [1.165, 1.54) is 0 Å².